The number of hydrogen-bond acceptors (Lipinski definition) is 1. The lowest BCUT2D eigenvalue weighted by molar-refractivity contribution is 0.532. The molecule has 0 aromatic rings. The first-order valence-corrected chi connectivity index (χ1v) is 6.85. The summed E-state index contributed by atoms with van der Waals surface area (Å²) < 4.78 is 14.9. The van der Waals surface area contributed by atoms with Gasteiger partial charge in [0.1, 0.15) is 0 Å². The summed E-state index contributed by atoms with van der Waals surface area (Å²) in [6, 6.07) is 0.308. The van der Waals surface area contributed by atoms with Crippen LogP contribution in [0.1, 0.15) is 53.4 Å². The van der Waals surface area contributed by atoms with Crippen molar-refractivity contribution in [3.8, 4) is 0 Å². The molecule has 1 unspecified atom stereocenters. The molecule has 0 heterocycles. The molecule has 0 aromatic carbocycles. The third-order valence-electron chi connectivity index (χ3n) is 2.19. The molecule has 15 heavy (non-hydrogen) atoms. The van der Waals surface area contributed by atoms with Crippen LogP contribution in [0.3, 0.4) is 0 Å². The van der Waals surface area contributed by atoms with Gasteiger partial charge in [0.15, 0.2) is 0 Å². The highest BCUT2D eigenvalue weighted by Gasteiger charge is 2.21. The molecule has 0 spiro atoms. The van der Waals surface area contributed by atoms with E-state index >= 15 is 0 Å². The molecule has 2 atom stereocenters. The SMILES string of the molecule is C=CC[C@H](CCCC)NS(=O)C(C)(C)C. The topological polar surface area (TPSA) is 29.1 Å². The predicted octanol–water partition coefficient (Wildman–Crippen LogP) is 3.17. The van der Waals surface area contributed by atoms with Gasteiger partial charge in [-0.05, 0) is 33.6 Å². The van der Waals surface area contributed by atoms with Crippen molar-refractivity contribution in [1.82, 2.24) is 4.72 Å². The second kappa shape index (κ2) is 7.18. The molecule has 0 amide bonds. The van der Waals surface area contributed by atoms with Crippen LogP contribution < -0.4 is 4.72 Å². The average molecular weight is 231 g/mol. The highest BCUT2D eigenvalue weighted by Crippen LogP contribution is 2.12. The van der Waals surface area contributed by atoms with E-state index in [2.05, 4.69) is 18.2 Å². The predicted molar refractivity (Wildman–Crippen MR) is 69.2 cm³/mol. The van der Waals surface area contributed by atoms with Crippen molar-refractivity contribution in [3.63, 3.8) is 0 Å². The Morgan fingerprint density at radius 2 is 2.07 bits per heavy atom. The van der Waals surface area contributed by atoms with Crippen molar-refractivity contribution >= 4 is 11.0 Å². The van der Waals surface area contributed by atoms with Gasteiger partial charge >= 0.3 is 0 Å². The molecule has 0 aliphatic rings. The Kier molecular flexibility index (Phi) is 7.11. The summed E-state index contributed by atoms with van der Waals surface area (Å²) in [5.41, 5.74) is 0. The Bertz CT molecular complexity index is 208. The number of unbranched alkanes of at least 4 members (excludes halogenated alkanes) is 1. The molecular formula is C12H25NOS. The zero-order valence-corrected chi connectivity index (χ0v) is 11.3. The third kappa shape index (κ3) is 6.85. The van der Waals surface area contributed by atoms with E-state index < -0.39 is 11.0 Å². The van der Waals surface area contributed by atoms with Gasteiger partial charge in [-0.15, -0.1) is 6.58 Å². The van der Waals surface area contributed by atoms with E-state index in [4.69, 9.17) is 0 Å². The minimum Gasteiger partial charge on any atom is -0.242 e. The molecule has 0 radical (unpaired) electrons. The largest absolute Gasteiger partial charge is 0.242 e. The fraction of sp³-hybridized carbons (Fsp3) is 0.833. The summed E-state index contributed by atoms with van der Waals surface area (Å²) >= 11 is 0. The zero-order chi connectivity index (χ0) is 11.9. The smallest absolute Gasteiger partial charge is 0.0972 e. The normalized spacial score (nSPS) is 16.0. The maximum absolute atomic E-state index is 11.9. The van der Waals surface area contributed by atoms with Crippen LogP contribution in [-0.4, -0.2) is 15.0 Å². The van der Waals surface area contributed by atoms with Gasteiger partial charge < -0.3 is 0 Å². The number of nitrogens with one attached hydrogen (secondary N) is 1. The molecular weight excluding hydrogens is 206 g/mol. The van der Waals surface area contributed by atoms with Crippen LogP contribution >= 0.6 is 0 Å². The van der Waals surface area contributed by atoms with Crippen molar-refractivity contribution in [3.05, 3.63) is 12.7 Å². The zero-order valence-electron chi connectivity index (χ0n) is 10.5. The average Bonchev–Trinajstić information content (AvgIpc) is 2.13. The van der Waals surface area contributed by atoms with Gasteiger partial charge in [0.2, 0.25) is 0 Å². The van der Waals surface area contributed by atoms with Gasteiger partial charge in [-0.25, -0.2) is 8.93 Å². The molecule has 0 saturated heterocycles. The summed E-state index contributed by atoms with van der Waals surface area (Å²) in [7, 11) is -0.970. The highest BCUT2D eigenvalue weighted by atomic mass is 32.2. The molecule has 0 fully saturated rings. The molecule has 0 bridgehead atoms. The van der Waals surface area contributed by atoms with Crippen molar-refractivity contribution < 1.29 is 4.21 Å². The van der Waals surface area contributed by atoms with Crippen molar-refractivity contribution in [2.24, 2.45) is 0 Å². The lowest BCUT2D eigenvalue weighted by atomic mass is 10.1. The Morgan fingerprint density at radius 3 is 2.47 bits per heavy atom. The summed E-state index contributed by atoms with van der Waals surface area (Å²) in [4.78, 5) is 0. The maximum atomic E-state index is 11.9. The van der Waals surface area contributed by atoms with Crippen molar-refractivity contribution in [1.29, 1.82) is 0 Å². The Balaban J connectivity index is 4.15. The monoisotopic (exact) mass is 231 g/mol. The fourth-order valence-electron chi connectivity index (χ4n) is 1.20. The standard InChI is InChI=1S/C12H25NOS/c1-6-8-10-11(9-7-2)13-15(14)12(3,4)5/h7,11,13H,2,6,8-10H2,1,3-5H3/t11-,15?/m1/s1. The lowest BCUT2D eigenvalue weighted by Gasteiger charge is -2.23. The van der Waals surface area contributed by atoms with E-state index in [1.54, 1.807) is 0 Å². The number of rotatable bonds is 7. The van der Waals surface area contributed by atoms with Gasteiger partial charge in [-0.3, -0.25) is 0 Å². The fourth-order valence-corrected chi connectivity index (χ4v) is 2.08. The number of hydrogen-bond donors (Lipinski definition) is 1. The molecule has 0 aromatic heterocycles. The van der Waals surface area contributed by atoms with E-state index in [-0.39, 0.29) is 4.75 Å². The molecule has 0 aliphatic heterocycles. The Labute approximate surface area is 97.1 Å². The molecule has 0 aliphatic carbocycles. The Hall–Kier alpha value is -0.150. The quantitative estimate of drug-likeness (QED) is 0.670. The van der Waals surface area contributed by atoms with Gasteiger partial charge in [0.25, 0.3) is 0 Å². The summed E-state index contributed by atoms with van der Waals surface area (Å²) in [6.07, 6.45) is 6.21. The second-order valence-electron chi connectivity index (χ2n) is 4.86. The first-order valence-electron chi connectivity index (χ1n) is 5.70. The third-order valence-corrected chi connectivity index (χ3v) is 3.85. The maximum Gasteiger partial charge on any atom is 0.0972 e. The van der Waals surface area contributed by atoms with Crippen molar-refractivity contribution in [2.75, 3.05) is 0 Å². The van der Waals surface area contributed by atoms with E-state index in [0.29, 0.717) is 6.04 Å². The molecule has 2 nitrogen and oxygen atoms in total. The second-order valence-corrected chi connectivity index (χ2v) is 6.86. The van der Waals surface area contributed by atoms with Crippen LogP contribution in [-0.2, 0) is 11.0 Å². The van der Waals surface area contributed by atoms with Gasteiger partial charge in [-0.1, -0.05) is 25.8 Å². The van der Waals surface area contributed by atoms with E-state index in [0.717, 1.165) is 12.8 Å². The van der Waals surface area contributed by atoms with Crippen LogP contribution in [0.4, 0.5) is 0 Å². The molecule has 3 heteroatoms. The van der Waals surface area contributed by atoms with Gasteiger partial charge in [0.05, 0.1) is 15.7 Å². The Morgan fingerprint density at radius 1 is 1.47 bits per heavy atom. The lowest BCUT2D eigenvalue weighted by Crippen LogP contribution is -2.39. The minimum absolute atomic E-state index is 0.189. The van der Waals surface area contributed by atoms with Gasteiger partial charge in [-0.2, -0.15) is 0 Å². The molecule has 90 valence electrons. The first kappa shape index (κ1) is 14.8. The van der Waals surface area contributed by atoms with Crippen LogP contribution in [0.15, 0.2) is 12.7 Å². The van der Waals surface area contributed by atoms with Crippen LogP contribution in [0.2, 0.25) is 0 Å². The van der Waals surface area contributed by atoms with E-state index in [1.807, 2.05) is 26.8 Å². The van der Waals surface area contributed by atoms with E-state index in [1.165, 1.54) is 12.8 Å². The first-order chi connectivity index (χ1) is 6.91. The molecule has 1 N–H and O–H groups in total. The summed E-state index contributed by atoms with van der Waals surface area (Å²) in [5, 5.41) is 0. The van der Waals surface area contributed by atoms with Crippen LogP contribution in [0.5, 0.6) is 0 Å². The summed E-state index contributed by atoms with van der Waals surface area (Å²) in [5.74, 6) is 0. The van der Waals surface area contributed by atoms with Gasteiger partial charge in [0, 0.05) is 6.04 Å². The minimum atomic E-state index is -0.970. The van der Waals surface area contributed by atoms with Crippen LogP contribution in [0.25, 0.3) is 0 Å². The van der Waals surface area contributed by atoms with E-state index in [9.17, 15) is 4.21 Å². The van der Waals surface area contributed by atoms with Crippen molar-refractivity contribution in [2.45, 2.75) is 64.2 Å². The van der Waals surface area contributed by atoms with Crippen LogP contribution in [0, 0.1) is 0 Å². The molecule has 0 saturated carbocycles. The highest BCUT2D eigenvalue weighted by molar-refractivity contribution is 7.84. The molecule has 0 rings (SSSR count). The summed E-state index contributed by atoms with van der Waals surface area (Å²) in [6.45, 7) is 11.9.